The van der Waals surface area contributed by atoms with Crippen molar-refractivity contribution in [3.8, 4) is 5.75 Å². The standard InChI is InChI=1S/C22H27F3N6O/c1-21(4-5-21)32-15-2-3-17(26)16(12-15)20(27)18-13-19(29-14-28-18)31-10-8-30(9-11-31)7-6-22(23,24)25/h2-3,12-14,27H,4-11,26H2,1H3/p+1. The van der Waals surface area contributed by atoms with Crippen molar-refractivity contribution >= 4 is 17.2 Å². The summed E-state index contributed by atoms with van der Waals surface area (Å²) >= 11 is 0. The molecule has 0 spiro atoms. The molecule has 0 unspecified atom stereocenters. The minimum absolute atomic E-state index is 0.0177. The molecule has 1 aliphatic carbocycles. The highest BCUT2D eigenvalue weighted by molar-refractivity contribution is 6.11. The van der Waals surface area contributed by atoms with Crippen molar-refractivity contribution in [2.24, 2.45) is 0 Å². The van der Waals surface area contributed by atoms with E-state index in [0.717, 1.165) is 12.8 Å². The van der Waals surface area contributed by atoms with Gasteiger partial charge in [0.05, 0.1) is 12.0 Å². The molecule has 2 aliphatic rings. The Kier molecular flexibility index (Phi) is 5.98. The smallest absolute Gasteiger partial charge is 0.390 e. The molecule has 4 rings (SSSR count). The number of halogens is 3. The van der Waals surface area contributed by atoms with Crippen LogP contribution < -0.4 is 20.8 Å². The zero-order valence-electron chi connectivity index (χ0n) is 18.0. The lowest BCUT2D eigenvalue weighted by Crippen LogP contribution is -2.47. The van der Waals surface area contributed by atoms with Gasteiger partial charge in [-0.3, -0.25) is 10.3 Å². The summed E-state index contributed by atoms with van der Waals surface area (Å²) in [6.07, 6.45) is -1.45. The molecule has 2 aromatic rings. The number of nitrogens with two attached hydrogens (primary N) is 2. The quantitative estimate of drug-likeness (QED) is 0.493. The summed E-state index contributed by atoms with van der Waals surface area (Å²) in [6.45, 7) is 4.33. The molecule has 0 amide bonds. The second-order valence-electron chi connectivity index (χ2n) is 8.67. The highest BCUT2D eigenvalue weighted by Gasteiger charge is 2.40. The van der Waals surface area contributed by atoms with Gasteiger partial charge in [-0.15, -0.1) is 0 Å². The third kappa shape index (κ3) is 5.48. The fourth-order valence-corrected chi connectivity index (χ4v) is 3.69. The maximum Gasteiger partial charge on any atom is 0.390 e. The summed E-state index contributed by atoms with van der Waals surface area (Å²) in [4.78, 5) is 12.5. The van der Waals surface area contributed by atoms with E-state index >= 15 is 0 Å². The van der Waals surface area contributed by atoms with E-state index in [1.54, 1.807) is 12.1 Å². The van der Waals surface area contributed by atoms with Gasteiger partial charge in [-0.25, -0.2) is 9.97 Å². The Labute approximate surface area is 184 Å². The molecule has 0 bridgehead atoms. The Morgan fingerprint density at radius 1 is 1.16 bits per heavy atom. The maximum absolute atomic E-state index is 12.5. The molecule has 4 N–H and O–H groups in total. The van der Waals surface area contributed by atoms with Gasteiger partial charge >= 0.3 is 6.18 Å². The summed E-state index contributed by atoms with van der Waals surface area (Å²) in [6, 6.07) is 7.22. The number of aromatic nitrogens is 2. The zero-order valence-corrected chi connectivity index (χ0v) is 18.0. The molecule has 1 aromatic carbocycles. The van der Waals surface area contributed by atoms with Gasteiger partial charge in [0.2, 0.25) is 5.71 Å². The topological polar surface area (TPSA) is 93.1 Å². The Balaban J connectivity index is 1.43. The first kappa shape index (κ1) is 22.3. The highest BCUT2D eigenvalue weighted by Crippen LogP contribution is 2.40. The van der Waals surface area contributed by atoms with E-state index in [9.17, 15) is 13.2 Å². The van der Waals surface area contributed by atoms with Crippen LogP contribution in [0.1, 0.15) is 37.4 Å². The predicted molar refractivity (Wildman–Crippen MR) is 116 cm³/mol. The number of rotatable bonds is 7. The van der Waals surface area contributed by atoms with Crippen LogP contribution in [0.2, 0.25) is 0 Å². The lowest BCUT2D eigenvalue weighted by atomic mass is 10.0. The average Bonchev–Trinajstić information content (AvgIpc) is 3.49. The molecule has 10 heteroatoms. The molecule has 7 nitrogen and oxygen atoms in total. The lowest BCUT2D eigenvalue weighted by molar-refractivity contribution is -0.138. The zero-order chi connectivity index (χ0) is 22.9. The Bertz CT molecular complexity index is 984. The number of hydrogen-bond donors (Lipinski definition) is 2. The average molecular weight is 450 g/mol. The molecule has 1 aromatic heterocycles. The van der Waals surface area contributed by atoms with Crippen LogP contribution in [0.3, 0.4) is 0 Å². The van der Waals surface area contributed by atoms with Crippen LogP contribution in [0.25, 0.3) is 0 Å². The van der Waals surface area contributed by atoms with Crippen LogP contribution in [-0.4, -0.2) is 65.1 Å². The van der Waals surface area contributed by atoms with Crippen LogP contribution in [0.4, 0.5) is 24.7 Å². The number of alkyl halides is 3. The van der Waals surface area contributed by atoms with E-state index in [4.69, 9.17) is 15.9 Å². The fraction of sp³-hybridized carbons (Fsp3) is 0.500. The van der Waals surface area contributed by atoms with Crippen molar-refractivity contribution in [3.63, 3.8) is 0 Å². The van der Waals surface area contributed by atoms with Gasteiger partial charge in [0.25, 0.3) is 0 Å². The van der Waals surface area contributed by atoms with Crippen LogP contribution in [0.15, 0.2) is 30.6 Å². The van der Waals surface area contributed by atoms with E-state index < -0.39 is 12.6 Å². The largest absolute Gasteiger partial charge is 0.488 e. The normalized spacial score (nSPS) is 18.4. The molecule has 172 valence electrons. The number of nitrogen functional groups attached to an aromatic ring is 1. The second kappa shape index (κ2) is 8.57. The van der Waals surface area contributed by atoms with Crippen molar-refractivity contribution in [1.82, 2.24) is 14.9 Å². The third-order valence-electron chi connectivity index (χ3n) is 5.97. The summed E-state index contributed by atoms with van der Waals surface area (Å²) in [5.41, 5.74) is 8.17. The van der Waals surface area contributed by atoms with Gasteiger partial charge in [-0.05, 0) is 38.0 Å². The molecule has 1 saturated carbocycles. The maximum atomic E-state index is 12.5. The summed E-state index contributed by atoms with van der Waals surface area (Å²) in [5, 5.41) is 6.42. The molecule has 0 radical (unpaired) electrons. The first-order chi connectivity index (χ1) is 15.1. The van der Waals surface area contributed by atoms with Crippen molar-refractivity contribution in [1.29, 1.82) is 0 Å². The molecule has 0 atom stereocenters. The van der Waals surface area contributed by atoms with Gasteiger partial charge in [0, 0.05) is 44.5 Å². The van der Waals surface area contributed by atoms with Crippen LogP contribution in [0.5, 0.6) is 5.75 Å². The number of ether oxygens (including phenoxy) is 1. The summed E-state index contributed by atoms with van der Waals surface area (Å²) in [5.74, 6) is 1.39. The van der Waals surface area contributed by atoms with Crippen molar-refractivity contribution in [3.05, 3.63) is 41.9 Å². The van der Waals surface area contributed by atoms with Gasteiger partial charge in [0.1, 0.15) is 29.2 Å². The van der Waals surface area contributed by atoms with E-state index in [1.807, 2.05) is 21.9 Å². The van der Waals surface area contributed by atoms with Gasteiger partial charge < -0.3 is 15.4 Å². The predicted octanol–water partition coefficient (Wildman–Crippen LogP) is 1.66. The molecule has 2 heterocycles. The fourth-order valence-electron chi connectivity index (χ4n) is 3.69. The van der Waals surface area contributed by atoms with E-state index in [2.05, 4.69) is 16.9 Å². The SMILES string of the molecule is CC1(Oc2ccc(N)c(C(=[NH2+])c3cc(N4CCN(CCC(F)(F)F)CC4)ncn3)c2)CC1. The summed E-state index contributed by atoms with van der Waals surface area (Å²) < 4.78 is 43.4. The number of nitrogens with zero attached hydrogens (tertiary/aromatic N) is 4. The van der Waals surface area contributed by atoms with Crippen molar-refractivity contribution in [2.75, 3.05) is 43.4 Å². The molecule has 32 heavy (non-hydrogen) atoms. The molecule has 2 fully saturated rings. The minimum Gasteiger partial charge on any atom is -0.488 e. The number of hydrogen-bond acceptors (Lipinski definition) is 6. The van der Waals surface area contributed by atoms with Gasteiger partial charge in [-0.1, -0.05) is 0 Å². The number of piperazine rings is 1. The second-order valence-corrected chi connectivity index (χ2v) is 8.67. The van der Waals surface area contributed by atoms with Crippen LogP contribution in [-0.2, 0) is 0 Å². The van der Waals surface area contributed by atoms with Gasteiger partial charge in [0.15, 0.2) is 0 Å². The lowest BCUT2D eigenvalue weighted by Gasteiger charge is -2.35. The van der Waals surface area contributed by atoms with Crippen molar-refractivity contribution < 1.29 is 23.3 Å². The number of anilines is 2. The molecular weight excluding hydrogens is 421 g/mol. The Morgan fingerprint density at radius 3 is 2.53 bits per heavy atom. The van der Waals surface area contributed by atoms with E-state index in [1.165, 1.54) is 6.33 Å². The minimum atomic E-state index is -4.13. The van der Waals surface area contributed by atoms with E-state index in [-0.39, 0.29) is 12.1 Å². The number of benzene rings is 1. The van der Waals surface area contributed by atoms with Crippen LogP contribution in [0, 0.1) is 0 Å². The van der Waals surface area contributed by atoms with Crippen LogP contribution >= 0.6 is 0 Å². The van der Waals surface area contributed by atoms with E-state index in [0.29, 0.717) is 60.4 Å². The molecular formula is C22H28F3N6O+. The van der Waals surface area contributed by atoms with Gasteiger partial charge in [-0.2, -0.15) is 13.2 Å². The Morgan fingerprint density at radius 2 is 1.88 bits per heavy atom. The first-order valence-electron chi connectivity index (χ1n) is 10.7. The first-order valence-corrected chi connectivity index (χ1v) is 10.7. The summed E-state index contributed by atoms with van der Waals surface area (Å²) in [7, 11) is 0. The molecule has 1 saturated heterocycles. The monoisotopic (exact) mass is 449 g/mol. The molecule has 1 aliphatic heterocycles. The van der Waals surface area contributed by atoms with Crippen molar-refractivity contribution in [2.45, 2.75) is 38.0 Å². The third-order valence-corrected chi connectivity index (χ3v) is 5.97. The Hall–Kier alpha value is -2.88. The highest BCUT2D eigenvalue weighted by atomic mass is 19.4.